The maximum absolute atomic E-state index is 11.1. The van der Waals surface area contributed by atoms with Crippen LogP contribution < -0.4 is 5.43 Å². The number of benzene rings is 4. The lowest BCUT2D eigenvalue weighted by molar-refractivity contribution is 0.0697. The monoisotopic (exact) mass is 458 g/mol. The van der Waals surface area contributed by atoms with E-state index in [-0.39, 0.29) is 5.56 Å². The molecule has 2 N–H and O–H groups in total. The van der Waals surface area contributed by atoms with Crippen molar-refractivity contribution in [3.05, 3.63) is 126 Å². The van der Waals surface area contributed by atoms with E-state index < -0.39 is 5.97 Å². The maximum Gasteiger partial charge on any atom is 0.335 e. The highest BCUT2D eigenvalue weighted by Crippen LogP contribution is 2.28. The van der Waals surface area contributed by atoms with Crippen LogP contribution in [0, 0.1) is 0 Å². The summed E-state index contributed by atoms with van der Waals surface area (Å²) in [6.07, 6.45) is 1.69. The second-order valence-electron chi connectivity index (χ2n) is 7.91. The Kier molecular flexibility index (Phi) is 6.17. The van der Waals surface area contributed by atoms with Crippen LogP contribution in [-0.2, 0) is 0 Å². The zero-order valence-corrected chi connectivity index (χ0v) is 18.7. The molecule has 6 nitrogen and oxygen atoms in total. The minimum atomic E-state index is -0.975. The quantitative estimate of drug-likeness (QED) is 0.220. The normalized spacial score (nSPS) is 11.0. The molecule has 5 aromatic rings. The van der Waals surface area contributed by atoms with Crippen molar-refractivity contribution in [1.82, 2.24) is 9.78 Å². The topological polar surface area (TPSA) is 79.5 Å². The van der Waals surface area contributed by atoms with Crippen molar-refractivity contribution in [3.8, 4) is 28.2 Å². The molecule has 1 aromatic heterocycles. The third-order valence-electron chi connectivity index (χ3n) is 5.50. The fourth-order valence-corrected chi connectivity index (χ4v) is 3.75. The Bertz CT molecular complexity index is 1470. The Labute approximate surface area is 202 Å². The molecule has 4 aromatic carbocycles. The summed E-state index contributed by atoms with van der Waals surface area (Å²) in [5, 5.41) is 18.3. The molecular formula is C29H22N4O2. The molecule has 0 spiro atoms. The molecule has 0 radical (unpaired) electrons. The van der Waals surface area contributed by atoms with Gasteiger partial charge in [0, 0.05) is 11.1 Å². The van der Waals surface area contributed by atoms with E-state index in [9.17, 15) is 4.79 Å². The average molecular weight is 459 g/mol. The highest BCUT2D eigenvalue weighted by atomic mass is 16.4. The lowest BCUT2D eigenvalue weighted by atomic mass is 10.1. The van der Waals surface area contributed by atoms with Gasteiger partial charge in [-0.05, 0) is 42.0 Å². The molecule has 0 saturated carbocycles. The summed E-state index contributed by atoms with van der Waals surface area (Å²) in [4.78, 5) is 11.1. The summed E-state index contributed by atoms with van der Waals surface area (Å²) in [5.41, 5.74) is 9.57. The number of aromatic carboxylic acids is 1. The van der Waals surface area contributed by atoms with E-state index in [1.54, 1.807) is 18.3 Å². The molecule has 1 heterocycles. The molecule has 0 aliphatic carbocycles. The fraction of sp³-hybridized carbons (Fsp3) is 0. The number of carboxylic acids is 1. The predicted molar refractivity (Wildman–Crippen MR) is 139 cm³/mol. The van der Waals surface area contributed by atoms with Gasteiger partial charge < -0.3 is 5.11 Å². The van der Waals surface area contributed by atoms with E-state index in [1.165, 1.54) is 12.1 Å². The van der Waals surface area contributed by atoms with E-state index in [2.05, 4.69) is 40.9 Å². The smallest absolute Gasteiger partial charge is 0.335 e. The number of rotatable bonds is 7. The molecule has 5 rings (SSSR count). The number of nitrogens with zero attached hydrogens (tertiary/aromatic N) is 3. The third kappa shape index (κ3) is 5.02. The van der Waals surface area contributed by atoms with Gasteiger partial charge in [0.15, 0.2) is 0 Å². The predicted octanol–water partition coefficient (Wildman–Crippen LogP) is 6.35. The molecule has 35 heavy (non-hydrogen) atoms. The van der Waals surface area contributed by atoms with E-state index in [1.807, 2.05) is 65.3 Å². The van der Waals surface area contributed by atoms with Crippen LogP contribution in [0.1, 0.15) is 15.9 Å². The Morgan fingerprint density at radius 1 is 0.800 bits per heavy atom. The summed E-state index contributed by atoms with van der Waals surface area (Å²) >= 11 is 0. The van der Waals surface area contributed by atoms with Gasteiger partial charge in [-0.15, -0.1) is 0 Å². The summed E-state index contributed by atoms with van der Waals surface area (Å²) < 4.78 is 1.95. The first-order valence-corrected chi connectivity index (χ1v) is 11.1. The molecule has 0 unspecified atom stereocenters. The van der Waals surface area contributed by atoms with Gasteiger partial charge in [-0.2, -0.15) is 10.2 Å². The molecule has 0 amide bonds. The van der Waals surface area contributed by atoms with Gasteiger partial charge in [-0.25, -0.2) is 9.48 Å². The van der Waals surface area contributed by atoms with Gasteiger partial charge >= 0.3 is 5.97 Å². The van der Waals surface area contributed by atoms with Crippen molar-refractivity contribution in [2.45, 2.75) is 0 Å². The highest BCUT2D eigenvalue weighted by Gasteiger charge is 2.13. The fourth-order valence-electron chi connectivity index (χ4n) is 3.75. The average Bonchev–Trinajstić information content (AvgIpc) is 3.36. The van der Waals surface area contributed by atoms with Crippen molar-refractivity contribution in [2.24, 2.45) is 5.10 Å². The molecule has 0 aliphatic heterocycles. The Morgan fingerprint density at radius 3 is 2.17 bits per heavy atom. The van der Waals surface area contributed by atoms with Gasteiger partial charge in [0.2, 0.25) is 0 Å². The van der Waals surface area contributed by atoms with Crippen molar-refractivity contribution >= 4 is 17.9 Å². The minimum Gasteiger partial charge on any atom is -0.478 e. The number of carboxylic acid groups (broad SMARTS) is 1. The van der Waals surface area contributed by atoms with Crippen LogP contribution >= 0.6 is 0 Å². The van der Waals surface area contributed by atoms with E-state index in [0.717, 1.165) is 33.8 Å². The largest absolute Gasteiger partial charge is 0.478 e. The van der Waals surface area contributed by atoms with E-state index >= 15 is 0 Å². The summed E-state index contributed by atoms with van der Waals surface area (Å²) in [6, 6.07) is 36.9. The third-order valence-corrected chi connectivity index (χ3v) is 5.50. The number of hydrogen-bond donors (Lipinski definition) is 2. The maximum atomic E-state index is 11.1. The van der Waals surface area contributed by atoms with Crippen LogP contribution in [0.25, 0.3) is 28.2 Å². The second-order valence-corrected chi connectivity index (χ2v) is 7.91. The summed E-state index contributed by atoms with van der Waals surface area (Å²) in [6.45, 7) is 0. The molecule has 170 valence electrons. The number of aromatic nitrogens is 2. The van der Waals surface area contributed by atoms with Crippen LogP contribution in [0.15, 0.2) is 120 Å². The molecule has 0 fully saturated rings. The van der Waals surface area contributed by atoms with Gasteiger partial charge in [0.1, 0.15) is 0 Å². The number of anilines is 1. The van der Waals surface area contributed by atoms with Crippen LogP contribution in [-0.4, -0.2) is 27.1 Å². The first-order chi connectivity index (χ1) is 17.2. The Hall–Kier alpha value is -4.97. The Morgan fingerprint density at radius 2 is 1.49 bits per heavy atom. The molecular weight excluding hydrogens is 436 g/mol. The number of hydrazone groups is 1. The van der Waals surface area contributed by atoms with E-state index in [0.29, 0.717) is 5.69 Å². The van der Waals surface area contributed by atoms with Crippen LogP contribution in [0.4, 0.5) is 5.69 Å². The first kappa shape index (κ1) is 21.9. The standard InChI is InChI=1S/C29H22N4O2/c34-29(35)24-12-7-13-25(18-24)31-30-20-21-14-16-26(17-15-21)33-28(23-10-5-2-6-11-23)19-27(32-33)22-8-3-1-4-9-22/h1-20,31H,(H,34,35)/b30-20+. The van der Waals surface area contributed by atoms with Gasteiger partial charge in [-0.1, -0.05) is 78.9 Å². The highest BCUT2D eigenvalue weighted by molar-refractivity contribution is 5.89. The number of nitrogens with one attached hydrogen (secondary N) is 1. The van der Waals surface area contributed by atoms with Gasteiger partial charge in [0.05, 0.1) is 34.5 Å². The summed E-state index contributed by atoms with van der Waals surface area (Å²) in [5.74, 6) is -0.975. The van der Waals surface area contributed by atoms with E-state index in [4.69, 9.17) is 10.2 Å². The van der Waals surface area contributed by atoms with Crippen molar-refractivity contribution in [1.29, 1.82) is 0 Å². The number of carbonyl (C=O) groups is 1. The molecule has 6 heteroatoms. The Balaban J connectivity index is 1.40. The summed E-state index contributed by atoms with van der Waals surface area (Å²) in [7, 11) is 0. The molecule has 0 aliphatic rings. The van der Waals surface area contributed by atoms with Gasteiger partial charge in [-0.3, -0.25) is 5.43 Å². The van der Waals surface area contributed by atoms with Crippen LogP contribution in [0.3, 0.4) is 0 Å². The second kappa shape index (κ2) is 9.89. The van der Waals surface area contributed by atoms with Crippen molar-refractivity contribution < 1.29 is 9.90 Å². The lowest BCUT2D eigenvalue weighted by Crippen LogP contribution is -2.00. The first-order valence-electron chi connectivity index (χ1n) is 11.1. The zero-order valence-electron chi connectivity index (χ0n) is 18.7. The minimum absolute atomic E-state index is 0.206. The van der Waals surface area contributed by atoms with Crippen LogP contribution in [0.2, 0.25) is 0 Å². The molecule has 0 atom stereocenters. The zero-order chi connectivity index (χ0) is 24.0. The van der Waals surface area contributed by atoms with Crippen LogP contribution in [0.5, 0.6) is 0 Å². The van der Waals surface area contributed by atoms with Crippen molar-refractivity contribution in [2.75, 3.05) is 5.43 Å². The van der Waals surface area contributed by atoms with Gasteiger partial charge in [0.25, 0.3) is 0 Å². The number of hydrogen-bond acceptors (Lipinski definition) is 4. The SMILES string of the molecule is O=C(O)c1cccc(N/N=C/c2ccc(-n3nc(-c4ccccc4)cc3-c3ccccc3)cc2)c1. The lowest BCUT2D eigenvalue weighted by Gasteiger charge is -2.08. The molecule has 0 saturated heterocycles. The molecule has 0 bridgehead atoms. The van der Waals surface area contributed by atoms with Crippen molar-refractivity contribution in [3.63, 3.8) is 0 Å².